The molecule has 0 spiro atoms. The fourth-order valence-corrected chi connectivity index (χ4v) is 2.14. The van der Waals surface area contributed by atoms with E-state index in [0.717, 1.165) is 12.8 Å². The molecule has 0 aliphatic heterocycles. The van der Waals surface area contributed by atoms with Crippen LogP contribution >= 0.6 is 0 Å². The van der Waals surface area contributed by atoms with Crippen LogP contribution in [0.25, 0.3) is 0 Å². The molecule has 1 fully saturated rings. The molecule has 0 bridgehead atoms. The van der Waals surface area contributed by atoms with Gasteiger partial charge in [0.2, 0.25) is 0 Å². The lowest BCUT2D eigenvalue weighted by atomic mass is 10.1. The van der Waals surface area contributed by atoms with E-state index in [-0.39, 0.29) is 6.04 Å². The molecule has 1 aromatic carbocycles. The molecule has 1 aliphatic rings. The van der Waals surface area contributed by atoms with Crippen LogP contribution in [-0.2, 0) is 6.18 Å². The molecule has 1 amide bonds. The number of benzene rings is 1. The highest BCUT2D eigenvalue weighted by Crippen LogP contribution is 2.35. The van der Waals surface area contributed by atoms with Gasteiger partial charge in [0.15, 0.2) is 0 Å². The zero-order chi connectivity index (χ0) is 15.1. The van der Waals surface area contributed by atoms with E-state index in [1.807, 2.05) is 6.92 Å². The van der Waals surface area contributed by atoms with Gasteiger partial charge in [-0.05, 0) is 43.9 Å². The van der Waals surface area contributed by atoms with Gasteiger partial charge in [-0.15, -0.1) is 0 Å². The van der Waals surface area contributed by atoms with Crippen molar-refractivity contribution in [2.24, 2.45) is 5.92 Å². The first-order valence-corrected chi connectivity index (χ1v) is 6.35. The summed E-state index contributed by atoms with van der Waals surface area (Å²) in [7, 11) is 1.49. The minimum atomic E-state index is -4.59. The Morgan fingerprint density at radius 3 is 2.45 bits per heavy atom. The van der Waals surface area contributed by atoms with Crippen molar-refractivity contribution in [3.05, 3.63) is 35.1 Å². The highest BCUT2D eigenvalue weighted by molar-refractivity contribution is 5.94. The first kappa shape index (κ1) is 14.8. The van der Waals surface area contributed by atoms with E-state index in [2.05, 4.69) is 0 Å². The van der Waals surface area contributed by atoms with E-state index < -0.39 is 29.0 Å². The maximum atomic E-state index is 13.6. The lowest BCUT2D eigenvalue weighted by Gasteiger charge is -2.25. The monoisotopic (exact) mass is 289 g/mol. The van der Waals surface area contributed by atoms with E-state index >= 15 is 0 Å². The van der Waals surface area contributed by atoms with Crippen molar-refractivity contribution in [2.45, 2.75) is 32.0 Å². The number of alkyl halides is 3. The quantitative estimate of drug-likeness (QED) is 0.777. The number of nitrogens with zero attached hydrogens (tertiary/aromatic N) is 1. The Balaban J connectivity index is 2.28. The maximum Gasteiger partial charge on any atom is 0.416 e. The van der Waals surface area contributed by atoms with Crippen LogP contribution in [0.5, 0.6) is 0 Å². The molecule has 1 aromatic rings. The third-order valence-electron chi connectivity index (χ3n) is 3.76. The van der Waals surface area contributed by atoms with E-state index in [4.69, 9.17) is 0 Å². The van der Waals surface area contributed by atoms with Gasteiger partial charge in [0.25, 0.3) is 5.91 Å². The number of halogens is 4. The van der Waals surface area contributed by atoms with E-state index in [1.54, 1.807) is 0 Å². The maximum absolute atomic E-state index is 13.6. The molecule has 1 unspecified atom stereocenters. The third kappa shape index (κ3) is 2.94. The number of rotatable bonds is 3. The standard InChI is InChI=1S/C14H15F4NO/c1-8(9-3-4-9)19(2)13(20)11-7-10(14(16,17)18)5-6-12(11)15/h5-9H,3-4H2,1-2H3. The van der Waals surface area contributed by atoms with E-state index in [1.165, 1.54) is 11.9 Å². The van der Waals surface area contributed by atoms with Gasteiger partial charge in [0, 0.05) is 13.1 Å². The van der Waals surface area contributed by atoms with Gasteiger partial charge < -0.3 is 4.90 Å². The first-order chi connectivity index (χ1) is 9.21. The second-order valence-corrected chi connectivity index (χ2v) is 5.19. The number of amides is 1. The van der Waals surface area contributed by atoms with Gasteiger partial charge in [-0.25, -0.2) is 4.39 Å². The summed E-state index contributed by atoms with van der Waals surface area (Å²) in [5.41, 5.74) is -1.55. The molecule has 1 atom stereocenters. The molecular formula is C14H15F4NO. The minimum Gasteiger partial charge on any atom is -0.339 e. The molecule has 110 valence electrons. The van der Waals surface area contributed by atoms with Crippen LogP contribution in [-0.4, -0.2) is 23.9 Å². The first-order valence-electron chi connectivity index (χ1n) is 6.35. The van der Waals surface area contributed by atoms with Crippen molar-refractivity contribution in [3.63, 3.8) is 0 Å². The number of carbonyl (C=O) groups is 1. The number of carbonyl (C=O) groups excluding carboxylic acids is 1. The van der Waals surface area contributed by atoms with E-state index in [9.17, 15) is 22.4 Å². The summed E-state index contributed by atoms with van der Waals surface area (Å²) in [5, 5.41) is 0. The fourth-order valence-electron chi connectivity index (χ4n) is 2.14. The van der Waals surface area contributed by atoms with Crippen LogP contribution < -0.4 is 0 Å². The second-order valence-electron chi connectivity index (χ2n) is 5.19. The van der Waals surface area contributed by atoms with Gasteiger partial charge in [-0.1, -0.05) is 0 Å². The smallest absolute Gasteiger partial charge is 0.339 e. The minimum absolute atomic E-state index is 0.101. The molecule has 0 saturated heterocycles. The van der Waals surface area contributed by atoms with Gasteiger partial charge in [-0.2, -0.15) is 13.2 Å². The van der Waals surface area contributed by atoms with Crippen LogP contribution in [0, 0.1) is 11.7 Å². The molecule has 2 rings (SSSR count). The van der Waals surface area contributed by atoms with Gasteiger partial charge in [0.1, 0.15) is 5.82 Å². The van der Waals surface area contributed by atoms with Crippen LogP contribution in [0.15, 0.2) is 18.2 Å². The Labute approximate surface area is 114 Å². The fraction of sp³-hybridized carbons (Fsp3) is 0.500. The Morgan fingerprint density at radius 1 is 1.35 bits per heavy atom. The van der Waals surface area contributed by atoms with Crippen molar-refractivity contribution in [1.82, 2.24) is 4.90 Å². The highest BCUT2D eigenvalue weighted by atomic mass is 19.4. The second kappa shape index (κ2) is 5.07. The normalized spacial score (nSPS) is 16.9. The lowest BCUT2D eigenvalue weighted by Crippen LogP contribution is -2.37. The summed E-state index contributed by atoms with van der Waals surface area (Å²) in [5.74, 6) is -1.29. The van der Waals surface area contributed by atoms with E-state index in [0.29, 0.717) is 24.1 Å². The van der Waals surface area contributed by atoms with Crippen molar-refractivity contribution in [2.75, 3.05) is 7.05 Å². The van der Waals surface area contributed by atoms with Crippen LogP contribution in [0.1, 0.15) is 35.7 Å². The molecule has 6 heteroatoms. The van der Waals surface area contributed by atoms with Crippen molar-refractivity contribution in [3.8, 4) is 0 Å². The Kier molecular flexibility index (Phi) is 3.75. The topological polar surface area (TPSA) is 20.3 Å². The zero-order valence-electron chi connectivity index (χ0n) is 11.2. The lowest BCUT2D eigenvalue weighted by molar-refractivity contribution is -0.137. The predicted molar refractivity (Wildman–Crippen MR) is 65.7 cm³/mol. The predicted octanol–water partition coefficient (Wildman–Crippen LogP) is 3.72. The summed E-state index contributed by atoms with van der Waals surface area (Å²) >= 11 is 0. The van der Waals surface area contributed by atoms with Crippen LogP contribution in [0.4, 0.5) is 17.6 Å². The molecule has 2 nitrogen and oxygen atoms in total. The third-order valence-corrected chi connectivity index (χ3v) is 3.76. The average molecular weight is 289 g/mol. The van der Waals surface area contributed by atoms with Crippen molar-refractivity contribution in [1.29, 1.82) is 0 Å². The Bertz CT molecular complexity index is 522. The van der Waals surface area contributed by atoms with Crippen LogP contribution in [0.2, 0.25) is 0 Å². The molecule has 0 radical (unpaired) electrons. The zero-order valence-corrected chi connectivity index (χ0v) is 11.2. The van der Waals surface area contributed by atoms with Crippen molar-refractivity contribution >= 4 is 5.91 Å². The summed E-state index contributed by atoms with van der Waals surface area (Å²) in [6, 6.07) is 1.80. The SMILES string of the molecule is CC(C1CC1)N(C)C(=O)c1cc(C(F)(F)F)ccc1F. The Hall–Kier alpha value is -1.59. The number of hydrogen-bond donors (Lipinski definition) is 0. The van der Waals surface area contributed by atoms with Gasteiger partial charge >= 0.3 is 6.18 Å². The van der Waals surface area contributed by atoms with Crippen molar-refractivity contribution < 1.29 is 22.4 Å². The Morgan fingerprint density at radius 2 is 1.95 bits per heavy atom. The summed E-state index contributed by atoms with van der Waals surface area (Å²) < 4.78 is 51.5. The molecule has 0 N–H and O–H groups in total. The number of hydrogen-bond acceptors (Lipinski definition) is 1. The molecule has 1 aliphatic carbocycles. The van der Waals surface area contributed by atoms with Gasteiger partial charge in [0.05, 0.1) is 11.1 Å². The molecule has 20 heavy (non-hydrogen) atoms. The van der Waals surface area contributed by atoms with Gasteiger partial charge in [-0.3, -0.25) is 4.79 Å². The summed E-state index contributed by atoms with van der Waals surface area (Å²) in [4.78, 5) is 13.5. The molecule has 0 heterocycles. The summed E-state index contributed by atoms with van der Waals surface area (Å²) in [6.07, 6.45) is -2.61. The largest absolute Gasteiger partial charge is 0.416 e. The molecular weight excluding hydrogens is 274 g/mol. The molecule has 0 aromatic heterocycles. The molecule has 1 saturated carbocycles. The highest BCUT2D eigenvalue weighted by Gasteiger charge is 2.35. The summed E-state index contributed by atoms with van der Waals surface area (Å²) in [6.45, 7) is 1.82. The average Bonchev–Trinajstić information content (AvgIpc) is 3.19. The van der Waals surface area contributed by atoms with Crippen LogP contribution in [0.3, 0.4) is 0 Å².